The maximum atomic E-state index is 13.7. The number of aryl methyl sites for hydroxylation is 8. The maximum Gasteiger partial charge on any atom is 0.411 e. The molecule has 0 saturated heterocycles. The summed E-state index contributed by atoms with van der Waals surface area (Å²) in [6.45, 7) is 15.2. The fourth-order valence-corrected chi connectivity index (χ4v) is 8.35. The van der Waals surface area contributed by atoms with Gasteiger partial charge in [-0.05, 0) is 115 Å². The molecule has 0 bridgehead atoms. The molecule has 0 aliphatic carbocycles. The van der Waals surface area contributed by atoms with E-state index >= 15 is 0 Å². The zero-order chi connectivity index (χ0) is 52.1. The molecule has 0 radical (unpaired) electrons. The molecule has 0 atom stereocenters. The Morgan fingerprint density at radius 1 is 0.338 bits per heavy atom. The Bertz CT molecular complexity index is 2850. The van der Waals surface area contributed by atoms with Crippen molar-refractivity contribution in [2.24, 2.45) is 0 Å². The molecule has 71 heavy (non-hydrogen) atoms. The minimum absolute atomic E-state index is 0.0833. The van der Waals surface area contributed by atoms with Gasteiger partial charge in [0.25, 0.3) is 0 Å². The number of benzene rings is 8. The van der Waals surface area contributed by atoms with E-state index in [2.05, 4.69) is 13.8 Å². The van der Waals surface area contributed by atoms with Gasteiger partial charge in [-0.25, -0.2) is 8.42 Å². The Morgan fingerprint density at radius 2 is 0.549 bits per heavy atom. The highest BCUT2D eigenvalue weighted by Gasteiger charge is 2.72. The van der Waals surface area contributed by atoms with Gasteiger partial charge >= 0.3 is 12.4 Å². The molecule has 368 valence electrons. The standard InChI is InChI=1S/C17H14F6.C15H14O.C14H14O2S.C14H14O/c1-11-3-7-13(8-4-11)15(16(18,19)20,17(21,22)23)14-9-5-12(2)6-10-14;1-11-3-7-13(8-4-11)15(16)14-9-5-12(2)6-10-14;1-11-3-7-13(8-4-11)17(15,16)14-9-5-12(2)6-10-14;1-11-3-7-13(8-4-11)15-14-9-5-12(2)6-10-14/h3-10H,1-2H3;3-10H,1-2H3;3-10H,1-2H3;3-10H,1-2H3. The van der Waals surface area contributed by atoms with Crippen LogP contribution in [0.25, 0.3) is 0 Å². The molecule has 0 heterocycles. The number of ether oxygens (including phenoxy) is 1. The summed E-state index contributed by atoms with van der Waals surface area (Å²) in [5, 5.41) is 0. The van der Waals surface area contributed by atoms with Crippen molar-refractivity contribution >= 4 is 15.6 Å². The van der Waals surface area contributed by atoms with Gasteiger partial charge in [0.1, 0.15) is 11.5 Å². The van der Waals surface area contributed by atoms with Crippen LogP contribution in [0.1, 0.15) is 71.6 Å². The highest BCUT2D eigenvalue weighted by atomic mass is 32.2. The van der Waals surface area contributed by atoms with Crippen LogP contribution in [-0.4, -0.2) is 26.6 Å². The summed E-state index contributed by atoms with van der Waals surface area (Å²) in [4.78, 5) is 12.7. The van der Waals surface area contributed by atoms with Gasteiger partial charge in [0.2, 0.25) is 15.3 Å². The summed E-state index contributed by atoms with van der Waals surface area (Å²) in [5.41, 5.74) is 3.83. The molecule has 4 nitrogen and oxygen atoms in total. The molecule has 0 amide bonds. The van der Waals surface area contributed by atoms with Gasteiger partial charge in [-0.15, -0.1) is 0 Å². The van der Waals surface area contributed by atoms with E-state index < -0.39 is 38.7 Å². The lowest BCUT2D eigenvalue weighted by Gasteiger charge is -2.38. The fourth-order valence-electron chi connectivity index (χ4n) is 7.09. The minimum atomic E-state index is -5.53. The first-order valence-corrected chi connectivity index (χ1v) is 24.0. The van der Waals surface area contributed by atoms with Crippen molar-refractivity contribution in [3.63, 3.8) is 0 Å². The first-order chi connectivity index (χ1) is 33.4. The lowest BCUT2D eigenvalue weighted by Crippen LogP contribution is -2.54. The predicted molar refractivity (Wildman–Crippen MR) is 271 cm³/mol. The molecule has 0 aliphatic heterocycles. The minimum Gasteiger partial charge on any atom is -0.457 e. The van der Waals surface area contributed by atoms with Gasteiger partial charge in [-0.3, -0.25) is 4.79 Å². The molecule has 8 rings (SSSR count). The second-order valence-electron chi connectivity index (χ2n) is 17.4. The second kappa shape index (κ2) is 23.6. The van der Waals surface area contributed by atoms with Crippen LogP contribution < -0.4 is 4.74 Å². The summed E-state index contributed by atoms with van der Waals surface area (Å²) in [6, 6.07) is 53.8. The fraction of sp³-hybridized carbons (Fsp3) is 0.183. The molecule has 11 heteroatoms. The quantitative estimate of drug-likeness (QED) is 0.112. The third-order valence-corrected chi connectivity index (χ3v) is 13.2. The molecule has 0 N–H and O–H groups in total. The zero-order valence-corrected chi connectivity index (χ0v) is 41.6. The molecule has 8 aromatic rings. The lowest BCUT2D eigenvalue weighted by atomic mass is 9.72. The van der Waals surface area contributed by atoms with Crippen molar-refractivity contribution in [1.82, 2.24) is 0 Å². The molecule has 0 saturated carbocycles. The van der Waals surface area contributed by atoms with E-state index in [4.69, 9.17) is 4.74 Å². The highest BCUT2D eigenvalue weighted by molar-refractivity contribution is 7.91. The maximum absolute atomic E-state index is 13.7. The molecule has 0 unspecified atom stereocenters. The van der Waals surface area contributed by atoms with Crippen LogP contribution in [0.15, 0.2) is 204 Å². The van der Waals surface area contributed by atoms with Crippen LogP contribution in [0.5, 0.6) is 11.5 Å². The number of carbonyl (C=O) groups is 1. The van der Waals surface area contributed by atoms with E-state index in [9.17, 15) is 39.6 Å². The number of alkyl halides is 6. The van der Waals surface area contributed by atoms with E-state index in [0.717, 1.165) is 58.0 Å². The molecular formula is C60H56F6O4S. The van der Waals surface area contributed by atoms with Crippen LogP contribution in [0.2, 0.25) is 0 Å². The number of ketones is 1. The van der Waals surface area contributed by atoms with E-state index in [-0.39, 0.29) is 5.78 Å². The average molecular weight is 987 g/mol. The van der Waals surface area contributed by atoms with E-state index in [1.54, 1.807) is 62.4 Å². The predicted octanol–water partition coefficient (Wildman–Crippen LogP) is 16.5. The van der Waals surface area contributed by atoms with Gasteiger partial charge in [-0.2, -0.15) is 26.3 Å². The Labute approximate surface area is 413 Å². The summed E-state index contributed by atoms with van der Waals surface area (Å²) >= 11 is 0. The lowest BCUT2D eigenvalue weighted by molar-refractivity contribution is -0.288. The summed E-state index contributed by atoms with van der Waals surface area (Å²) in [7, 11) is -3.37. The van der Waals surface area contributed by atoms with Crippen LogP contribution in [0.3, 0.4) is 0 Å². The smallest absolute Gasteiger partial charge is 0.411 e. The third-order valence-electron chi connectivity index (χ3n) is 11.4. The van der Waals surface area contributed by atoms with Crippen LogP contribution in [0, 0.1) is 55.4 Å². The second-order valence-corrected chi connectivity index (χ2v) is 19.3. The molecule has 8 aromatic carbocycles. The number of rotatable bonds is 8. The van der Waals surface area contributed by atoms with Gasteiger partial charge in [0, 0.05) is 11.1 Å². The van der Waals surface area contributed by atoms with Gasteiger partial charge in [0.15, 0.2) is 5.78 Å². The molecular weight excluding hydrogens is 931 g/mol. The number of hydrogen-bond acceptors (Lipinski definition) is 4. The van der Waals surface area contributed by atoms with E-state index in [1.165, 1.54) is 46.5 Å². The average Bonchev–Trinajstić information content (AvgIpc) is 3.32. The van der Waals surface area contributed by atoms with Crippen molar-refractivity contribution in [3.8, 4) is 11.5 Å². The molecule has 0 aliphatic rings. The van der Waals surface area contributed by atoms with Crippen molar-refractivity contribution in [2.75, 3.05) is 0 Å². The Balaban J connectivity index is 0.000000179. The van der Waals surface area contributed by atoms with Crippen molar-refractivity contribution in [3.05, 3.63) is 261 Å². The summed E-state index contributed by atoms with van der Waals surface area (Å²) in [6.07, 6.45) is -11.1. The van der Waals surface area contributed by atoms with Crippen LogP contribution >= 0.6 is 0 Å². The number of carbonyl (C=O) groups excluding carboxylic acids is 1. The van der Waals surface area contributed by atoms with Crippen molar-refractivity contribution in [1.29, 1.82) is 0 Å². The largest absolute Gasteiger partial charge is 0.457 e. The van der Waals surface area contributed by atoms with E-state index in [1.807, 2.05) is 125 Å². The highest BCUT2D eigenvalue weighted by Crippen LogP contribution is 2.56. The number of sulfone groups is 1. The van der Waals surface area contributed by atoms with Crippen LogP contribution in [-0.2, 0) is 15.3 Å². The van der Waals surface area contributed by atoms with Gasteiger partial charge in [-0.1, -0.05) is 190 Å². The topological polar surface area (TPSA) is 60.4 Å². The Kier molecular flexibility index (Phi) is 18.2. The Hall–Kier alpha value is -7.24. The monoisotopic (exact) mass is 986 g/mol. The SMILES string of the molecule is Cc1ccc(C(=O)c2ccc(C)cc2)cc1.Cc1ccc(C(c2ccc(C)cc2)(C(F)(F)F)C(F)(F)F)cc1.Cc1ccc(Oc2ccc(C)cc2)cc1.Cc1ccc(S(=O)(=O)c2ccc(C)cc2)cc1. The van der Waals surface area contributed by atoms with Crippen molar-refractivity contribution in [2.45, 2.75) is 82.9 Å². The van der Waals surface area contributed by atoms with Crippen LogP contribution in [0.4, 0.5) is 26.3 Å². The number of hydrogen-bond donors (Lipinski definition) is 0. The third kappa shape index (κ3) is 14.4. The summed E-state index contributed by atoms with van der Waals surface area (Å²) < 4.78 is 113. The molecule has 0 aromatic heterocycles. The first kappa shape index (κ1) is 54.7. The van der Waals surface area contributed by atoms with E-state index in [0.29, 0.717) is 20.9 Å². The molecule has 0 fully saturated rings. The van der Waals surface area contributed by atoms with Gasteiger partial charge in [0.05, 0.1) is 9.79 Å². The molecule has 0 spiro atoms. The number of halogens is 6. The Morgan fingerprint density at radius 3 is 0.789 bits per heavy atom. The van der Waals surface area contributed by atoms with Gasteiger partial charge < -0.3 is 4.74 Å². The zero-order valence-electron chi connectivity index (χ0n) is 40.8. The first-order valence-electron chi connectivity index (χ1n) is 22.6. The summed E-state index contributed by atoms with van der Waals surface area (Å²) in [5.74, 6) is 1.84. The normalized spacial score (nSPS) is 11.4. The van der Waals surface area contributed by atoms with Crippen molar-refractivity contribution < 1.29 is 44.3 Å².